The van der Waals surface area contributed by atoms with Crippen LogP contribution in [-0.2, 0) is 16.1 Å². The van der Waals surface area contributed by atoms with Gasteiger partial charge in [-0.2, -0.15) is 0 Å². The van der Waals surface area contributed by atoms with E-state index in [1.165, 1.54) is 11.8 Å². The molecule has 1 heterocycles. The Labute approximate surface area is 115 Å². The van der Waals surface area contributed by atoms with Crippen molar-refractivity contribution in [3.8, 4) is 0 Å². The predicted octanol–water partition coefficient (Wildman–Crippen LogP) is -0.226. The Morgan fingerprint density at radius 1 is 1.75 bits per heavy atom. The van der Waals surface area contributed by atoms with E-state index in [0.717, 1.165) is 0 Å². The highest BCUT2D eigenvalue weighted by molar-refractivity contribution is 5.76. The van der Waals surface area contributed by atoms with E-state index in [-0.39, 0.29) is 6.61 Å². The maximum Gasteiger partial charge on any atom is 0.329 e. The standard InChI is InChI=1S/C10H17N7O3/c1-20-10(19)9(12-3-2-4-13-15-11)8-7-17(5-6-18)16-14-8/h7,9,12,18H,2-6H2,1H3. The summed E-state index contributed by atoms with van der Waals surface area (Å²) in [5.74, 6) is -0.482. The van der Waals surface area contributed by atoms with Gasteiger partial charge in [-0.3, -0.25) is 5.32 Å². The maximum absolute atomic E-state index is 11.7. The molecule has 10 nitrogen and oxygen atoms in total. The Bertz CT molecular complexity index is 469. The third kappa shape index (κ3) is 4.84. The van der Waals surface area contributed by atoms with Crippen molar-refractivity contribution in [2.75, 3.05) is 26.8 Å². The second-order valence-electron chi connectivity index (χ2n) is 3.85. The van der Waals surface area contributed by atoms with E-state index in [4.69, 9.17) is 15.4 Å². The number of aromatic nitrogens is 3. The van der Waals surface area contributed by atoms with E-state index < -0.39 is 12.0 Å². The van der Waals surface area contributed by atoms with Crippen molar-refractivity contribution in [3.05, 3.63) is 22.3 Å². The van der Waals surface area contributed by atoms with Gasteiger partial charge in [-0.1, -0.05) is 10.3 Å². The fraction of sp³-hybridized carbons (Fsp3) is 0.700. The van der Waals surface area contributed by atoms with Crippen LogP contribution in [0.2, 0.25) is 0 Å². The fourth-order valence-corrected chi connectivity index (χ4v) is 1.52. The molecule has 110 valence electrons. The molecule has 0 spiro atoms. The lowest BCUT2D eigenvalue weighted by molar-refractivity contribution is -0.143. The highest BCUT2D eigenvalue weighted by Crippen LogP contribution is 2.11. The summed E-state index contributed by atoms with van der Waals surface area (Å²) in [6.45, 7) is 1.04. The number of aliphatic hydroxyl groups excluding tert-OH is 1. The minimum absolute atomic E-state index is 0.0642. The van der Waals surface area contributed by atoms with Crippen LogP contribution >= 0.6 is 0 Å². The Balaban J connectivity index is 2.62. The lowest BCUT2D eigenvalue weighted by atomic mass is 10.2. The second kappa shape index (κ2) is 8.86. The normalized spacial score (nSPS) is 11.7. The van der Waals surface area contributed by atoms with Crippen LogP contribution in [0.15, 0.2) is 11.3 Å². The molecule has 1 aromatic heterocycles. The van der Waals surface area contributed by atoms with Crippen molar-refractivity contribution in [2.24, 2.45) is 5.11 Å². The molecule has 0 aliphatic heterocycles. The number of carbonyl (C=O) groups is 1. The van der Waals surface area contributed by atoms with Crippen LogP contribution in [0.3, 0.4) is 0 Å². The van der Waals surface area contributed by atoms with Gasteiger partial charge in [0.25, 0.3) is 0 Å². The average molecular weight is 283 g/mol. The van der Waals surface area contributed by atoms with Crippen LogP contribution in [0.1, 0.15) is 18.2 Å². The molecule has 0 aromatic carbocycles. The van der Waals surface area contributed by atoms with Crippen LogP contribution in [0.25, 0.3) is 10.4 Å². The average Bonchev–Trinajstić information content (AvgIpc) is 2.91. The number of hydrogen-bond donors (Lipinski definition) is 2. The summed E-state index contributed by atoms with van der Waals surface area (Å²) in [6, 6.07) is -0.737. The molecular weight excluding hydrogens is 266 g/mol. The Morgan fingerprint density at radius 3 is 3.20 bits per heavy atom. The van der Waals surface area contributed by atoms with Crippen molar-refractivity contribution in [3.63, 3.8) is 0 Å². The highest BCUT2D eigenvalue weighted by Gasteiger charge is 2.23. The van der Waals surface area contributed by atoms with Gasteiger partial charge in [0.1, 0.15) is 5.69 Å². The Morgan fingerprint density at radius 2 is 2.55 bits per heavy atom. The van der Waals surface area contributed by atoms with E-state index >= 15 is 0 Å². The SMILES string of the molecule is COC(=O)C(NCCCN=[N+]=[N-])c1cn(CCO)nn1. The van der Waals surface area contributed by atoms with E-state index in [2.05, 4.69) is 25.7 Å². The monoisotopic (exact) mass is 283 g/mol. The van der Waals surface area contributed by atoms with E-state index in [1.807, 2.05) is 0 Å². The molecule has 1 aromatic rings. The first-order chi connectivity index (χ1) is 9.72. The maximum atomic E-state index is 11.7. The van der Waals surface area contributed by atoms with Gasteiger partial charge in [0, 0.05) is 11.5 Å². The molecule has 1 rings (SSSR count). The van der Waals surface area contributed by atoms with Crippen molar-refractivity contribution >= 4 is 5.97 Å². The van der Waals surface area contributed by atoms with Gasteiger partial charge < -0.3 is 9.84 Å². The zero-order valence-electron chi connectivity index (χ0n) is 11.1. The zero-order chi connectivity index (χ0) is 14.8. The van der Waals surface area contributed by atoms with Crippen LogP contribution < -0.4 is 5.32 Å². The van der Waals surface area contributed by atoms with Crippen LogP contribution in [0, 0.1) is 0 Å². The number of azide groups is 1. The van der Waals surface area contributed by atoms with E-state index in [0.29, 0.717) is 31.7 Å². The molecule has 0 fully saturated rings. The molecule has 0 bridgehead atoms. The third-order valence-corrected chi connectivity index (χ3v) is 2.46. The van der Waals surface area contributed by atoms with Crippen molar-refractivity contribution in [2.45, 2.75) is 19.0 Å². The highest BCUT2D eigenvalue weighted by atomic mass is 16.5. The van der Waals surface area contributed by atoms with Gasteiger partial charge in [0.2, 0.25) is 0 Å². The molecular formula is C10H17N7O3. The first-order valence-corrected chi connectivity index (χ1v) is 6.06. The summed E-state index contributed by atoms with van der Waals surface area (Å²) < 4.78 is 6.14. The lowest BCUT2D eigenvalue weighted by Gasteiger charge is -2.13. The molecule has 10 heteroatoms. The Kier molecular flexibility index (Phi) is 7.04. The third-order valence-electron chi connectivity index (χ3n) is 2.46. The second-order valence-corrected chi connectivity index (χ2v) is 3.85. The first kappa shape index (κ1) is 15.9. The summed E-state index contributed by atoms with van der Waals surface area (Å²) >= 11 is 0. The molecule has 0 aliphatic rings. The Hall–Kier alpha value is -2.16. The molecule has 0 aliphatic carbocycles. The smallest absolute Gasteiger partial charge is 0.329 e. The number of methoxy groups -OCH3 is 1. The minimum Gasteiger partial charge on any atom is -0.468 e. The lowest BCUT2D eigenvalue weighted by Crippen LogP contribution is -2.31. The summed E-state index contributed by atoms with van der Waals surface area (Å²) in [4.78, 5) is 14.3. The van der Waals surface area contributed by atoms with Gasteiger partial charge in [-0.05, 0) is 18.5 Å². The summed E-state index contributed by atoms with van der Waals surface area (Å²) in [5.41, 5.74) is 8.57. The quantitative estimate of drug-likeness (QED) is 0.211. The molecule has 1 atom stereocenters. The number of aliphatic hydroxyl groups is 1. The number of nitrogens with zero attached hydrogens (tertiary/aromatic N) is 6. The largest absolute Gasteiger partial charge is 0.468 e. The topological polar surface area (TPSA) is 138 Å². The van der Waals surface area contributed by atoms with Gasteiger partial charge in [0.15, 0.2) is 6.04 Å². The van der Waals surface area contributed by atoms with Crippen molar-refractivity contribution in [1.29, 1.82) is 0 Å². The first-order valence-electron chi connectivity index (χ1n) is 6.06. The summed E-state index contributed by atoms with van der Waals surface area (Å²) in [7, 11) is 1.29. The molecule has 0 saturated heterocycles. The molecule has 2 N–H and O–H groups in total. The van der Waals surface area contributed by atoms with Gasteiger partial charge in [-0.15, -0.1) is 5.10 Å². The zero-order valence-corrected chi connectivity index (χ0v) is 11.1. The van der Waals surface area contributed by atoms with Crippen molar-refractivity contribution < 1.29 is 14.6 Å². The van der Waals surface area contributed by atoms with Gasteiger partial charge >= 0.3 is 5.97 Å². The van der Waals surface area contributed by atoms with Crippen LogP contribution in [0.4, 0.5) is 0 Å². The van der Waals surface area contributed by atoms with Crippen LogP contribution in [0.5, 0.6) is 0 Å². The van der Waals surface area contributed by atoms with Crippen molar-refractivity contribution in [1.82, 2.24) is 20.3 Å². The number of nitrogens with one attached hydrogen (secondary N) is 1. The molecule has 0 saturated carbocycles. The fourth-order valence-electron chi connectivity index (χ4n) is 1.52. The molecule has 20 heavy (non-hydrogen) atoms. The summed E-state index contributed by atoms with van der Waals surface area (Å²) in [5, 5.41) is 22.8. The number of hydrogen-bond acceptors (Lipinski definition) is 7. The molecule has 0 radical (unpaired) electrons. The van der Waals surface area contributed by atoms with Gasteiger partial charge in [0.05, 0.1) is 26.5 Å². The minimum atomic E-state index is -0.737. The predicted molar refractivity (Wildman–Crippen MR) is 68.5 cm³/mol. The number of rotatable bonds is 9. The van der Waals surface area contributed by atoms with E-state index in [1.54, 1.807) is 6.20 Å². The summed E-state index contributed by atoms with van der Waals surface area (Å²) in [6.07, 6.45) is 2.15. The molecule has 0 amide bonds. The number of ether oxygens (including phenoxy) is 1. The van der Waals surface area contributed by atoms with Crippen LogP contribution in [-0.4, -0.2) is 52.9 Å². The molecule has 1 unspecified atom stereocenters. The van der Waals surface area contributed by atoms with E-state index in [9.17, 15) is 4.79 Å². The number of carbonyl (C=O) groups excluding carboxylic acids is 1. The van der Waals surface area contributed by atoms with Gasteiger partial charge in [-0.25, -0.2) is 9.48 Å². The number of esters is 1.